The van der Waals surface area contributed by atoms with E-state index in [0.29, 0.717) is 13.1 Å². The standard InChI is InChI=1S/C19H21N5O/c1-12-17-18(23-22-12)15-11-14(13-5-8-21-9-6-13)3-4-16(15)24(19(17)25)10-2-7-20/h3-6,8-9,11-12,17,22H,2,7,10,20H2,1H3. The van der Waals surface area contributed by atoms with Gasteiger partial charge in [0.2, 0.25) is 5.91 Å². The molecule has 2 aromatic rings. The summed E-state index contributed by atoms with van der Waals surface area (Å²) in [6.45, 7) is 3.19. The lowest BCUT2D eigenvalue weighted by molar-refractivity contribution is -0.121. The molecule has 3 N–H and O–H groups in total. The first-order valence-corrected chi connectivity index (χ1v) is 8.60. The Morgan fingerprint density at radius 1 is 1.20 bits per heavy atom. The highest BCUT2D eigenvalue weighted by molar-refractivity contribution is 6.25. The second kappa shape index (κ2) is 6.29. The van der Waals surface area contributed by atoms with Gasteiger partial charge in [-0.1, -0.05) is 6.07 Å². The van der Waals surface area contributed by atoms with E-state index in [-0.39, 0.29) is 17.9 Å². The van der Waals surface area contributed by atoms with Crippen LogP contribution in [-0.2, 0) is 4.79 Å². The van der Waals surface area contributed by atoms with Crippen LogP contribution in [0.4, 0.5) is 5.69 Å². The quantitative estimate of drug-likeness (QED) is 0.892. The molecule has 0 aliphatic carbocycles. The van der Waals surface area contributed by atoms with Gasteiger partial charge in [-0.2, -0.15) is 5.10 Å². The minimum atomic E-state index is -0.238. The number of carbonyl (C=O) groups excluding carboxylic acids is 1. The topological polar surface area (TPSA) is 83.6 Å². The number of benzene rings is 1. The molecule has 6 heteroatoms. The van der Waals surface area contributed by atoms with E-state index in [1.54, 1.807) is 12.4 Å². The van der Waals surface area contributed by atoms with Gasteiger partial charge in [0.25, 0.3) is 0 Å². The smallest absolute Gasteiger partial charge is 0.238 e. The molecule has 0 fully saturated rings. The van der Waals surface area contributed by atoms with E-state index in [1.807, 2.05) is 36.1 Å². The number of anilines is 1. The summed E-state index contributed by atoms with van der Waals surface area (Å²) in [5.74, 6) is -0.133. The molecule has 0 radical (unpaired) electrons. The molecule has 1 aromatic heterocycles. The van der Waals surface area contributed by atoms with Crippen LogP contribution >= 0.6 is 0 Å². The number of nitrogens with zero attached hydrogens (tertiary/aromatic N) is 3. The van der Waals surface area contributed by atoms with Crippen LogP contribution in [0, 0.1) is 5.92 Å². The van der Waals surface area contributed by atoms with Gasteiger partial charge in [0, 0.05) is 24.5 Å². The average Bonchev–Trinajstić information content (AvgIpc) is 3.04. The van der Waals surface area contributed by atoms with Crippen molar-refractivity contribution < 1.29 is 4.79 Å². The maximum atomic E-state index is 13.0. The van der Waals surface area contributed by atoms with Crippen molar-refractivity contribution in [3.63, 3.8) is 0 Å². The minimum absolute atomic E-state index is 0.000563. The fourth-order valence-electron chi connectivity index (χ4n) is 3.58. The Bertz CT molecular complexity index is 833. The number of pyridine rings is 1. The van der Waals surface area contributed by atoms with E-state index in [4.69, 9.17) is 5.73 Å². The SMILES string of the molecule is CC1NN=C2c3cc(-c4ccncc4)ccc3N(CCCN)C(=O)C21. The summed E-state index contributed by atoms with van der Waals surface area (Å²) in [6.07, 6.45) is 4.34. The monoisotopic (exact) mass is 335 g/mol. The molecular formula is C19H21N5O. The number of nitrogens with two attached hydrogens (primary N) is 1. The van der Waals surface area contributed by atoms with E-state index < -0.39 is 0 Å². The number of rotatable bonds is 4. The maximum absolute atomic E-state index is 13.0. The van der Waals surface area contributed by atoms with Crippen LogP contribution in [-0.4, -0.2) is 35.7 Å². The van der Waals surface area contributed by atoms with Crippen LogP contribution in [0.25, 0.3) is 11.1 Å². The second-order valence-corrected chi connectivity index (χ2v) is 6.49. The largest absolute Gasteiger partial charge is 0.330 e. The third-order valence-corrected chi connectivity index (χ3v) is 4.88. The fraction of sp³-hybridized carbons (Fsp3) is 0.316. The number of fused-ring (bicyclic) bond motifs is 3. The summed E-state index contributed by atoms with van der Waals surface area (Å²) < 4.78 is 0. The molecular weight excluding hydrogens is 314 g/mol. The average molecular weight is 335 g/mol. The van der Waals surface area contributed by atoms with Crippen molar-refractivity contribution >= 4 is 17.3 Å². The molecule has 6 nitrogen and oxygen atoms in total. The van der Waals surface area contributed by atoms with Gasteiger partial charge in [0.05, 0.1) is 17.4 Å². The first kappa shape index (κ1) is 15.8. The Kier molecular flexibility index (Phi) is 3.97. The van der Waals surface area contributed by atoms with Gasteiger partial charge >= 0.3 is 0 Å². The van der Waals surface area contributed by atoms with Crippen molar-refractivity contribution in [2.24, 2.45) is 16.8 Å². The van der Waals surface area contributed by atoms with Crippen LogP contribution in [0.5, 0.6) is 0 Å². The molecule has 1 aromatic carbocycles. The highest BCUT2D eigenvalue weighted by Gasteiger charge is 2.43. The summed E-state index contributed by atoms with van der Waals surface area (Å²) in [5.41, 5.74) is 13.7. The zero-order valence-electron chi connectivity index (χ0n) is 14.1. The van der Waals surface area contributed by atoms with Gasteiger partial charge in [0.1, 0.15) is 5.92 Å². The molecule has 0 saturated heterocycles. The number of hydrogen-bond acceptors (Lipinski definition) is 5. The van der Waals surface area contributed by atoms with Crippen molar-refractivity contribution in [1.82, 2.24) is 10.4 Å². The molecule has 2 atom stereocenters. The van der Waals surface area contributed by atoms with E-state index in [0.717, 1.165) is 34.5 Å². The molecule has 3 heterocycles. The lowest BCUT2D eigenvalue weighted by Crippen LogP contribution is -2.48. The maximum Gasteiger partial charge on any atom is 0.238 e. The van der Waals surface area contributed by atoms with Crippen LogP contribution < -0.4 is 16.1 Å². The first-order chi connectivity index (χ1) is 12.2. The predicted octanol–water partition coefficient (Wildman–Crippen LogP) is 1.76. The van der Waals surface area contributed by atoms with Crippen molar-refractivity contribution in [3.8, 4) is 11.1 Å². The van der Waals surface area contributed by atoms with E-state index >= 15 is 0 Å². The number of amides is 1. The molecule has 0 saturated carbocycles. The Hall–Kier alpha value is -2.73. The Morgan fingerprint density at radius 2 is 2.00 bits per heavy atom. The number of nitrogens with one attached hydrogen (secondary N) is 1. The van der Waals surface area contributed by atoms with Gasteiger partial charge in [-0.25, -0.2) is 0 Å². The van der Waals surface area contributed by atoms with Crippen LogP contribution in [0.15, 0.2) is 47.8 Å². The van der Waals surface area contributed by atoms with Crippen molar-refractivity contribution in [2.75, 3.05) is 18.0 Å². The zero-order valence-corrected chi connectivity index (χ0v) is 14.1. The Balaban J connectivity index is 1.82. The van der Waals surface area contributed by atoms with Crippen LogP contribution in [0.1, 0.15) is 18.9 Å². The van der Waals surface area contributed by atoms with Crippen molar-refractivity contribution in [3.05, 3.63) is 48.3 Å². The molecule has 128 valence electrons. The normalized spacial score (nSPS) is 21.4. The predicted molar refractivity (Wildman–Crippen MR) is 98.3 cm³/mol. The number of aromatic nitrogens is 1. The van der Waals surface area contributed by atoms with Gasteiger partial charge in [-0.15, -0.1) is 0 Å². The van der Waals surface area contributed by atoms with E-state index in [1.165, 1.54) is 0 Å². The molecule has 2 unspecified atom stereocenters. The highest BCUT2D eigenvalue weighted by Crippen LogP contribution is 2.37. The lowest BCUT2D eigenvalue weighted by Gasteiger charge is -2.34. The summed E-state index contributed by atoms with van der Waals surface area (Å²) >= 11 is 0. The van der Waals surface area contributed by atoms with Gasteiger partial charge in [0.15, 0.2) is 0 Å². The van der Waals surface area contributed by atoms with Crippen molar-refractivity contribution in [2.45, 2.75) is 19.4 Å². The van der Waals surface area contributed by atoms with Crippen molar-refractivity contribution in [1.29, 1.82) is 0 Å². The molecule has 2 aliphatic rings. The Labute approximate surface area is 146 Å². The fourth-order valence-corrected chi connectivity index (χ4v) is 3.58. The summed E-state index contributed by atoms with van der Waals surface area (Å²) in [5, 5.41) is 4.46. The van der Waals surface area contributed by atoms with Gasteiger partial charge < -0.3 is 16.1 Å². The minimum Gasteiger partial charge on any atom is -0.330 e. The van der Waals surface area contributed by atoms with E-state index in [9.17, 15) is 4.79 Å². The van der Waals surface area contributed by atoms with Gasteiger partial charge in [-0.3, -0.25) is 9.78 Å². The van der Waals surface area contributed by atoms with Crippen LogP contribution in [0.3, 0.4) is 0 Å². The number of carbonyl (C=O) groups is 1. The third kappa shape index (κ3) is 2.59. The molecule has 1 amide bonds. The lowest BCUT2D eigenvalue weighted by atomic mass is 9.85. The molecule has 2 aliphatic heterocycles. The summed E-state index contributed by atoms with van der Waals surface area (Å²) in [6, 6.07) is 10.1. The number of hydrogen-bond donors (Lipinski definition) is 2. The summed E-state index contributed by atoms with van der Waals surface area (Å²) in [7, 11) is 0. The molecule has 0 spiro atoms. The summed E-state index contributed by atoms with van der Waals surface area (Å²) in [4.78, 5) is 18.9. The molecule has 25 heavy (non-hydrogen) atoms. The number of hydrazone groups is 1. The second-order valence-electron chi connectivity index (χ2n) is 6.49. The zero-order chi connectivity index (χ0) is 17.4. The first-order valence-electron chi connectivity index (χ1n) is 8.60. The molecule has 0 bridgehead atoms. The third-order valence-electron chi connectivity index (χ3n) is 4.88. The molecule has 4 rings (SSSR count). The highest BCUT2D eigenvalue weighted by atomic mass is 16.2. The van der Waals surface area contributed by atoms with Crippen LogP contribution in [0.2, 0.25) is 0 Å². The van der Waals surface area contributed by atoms with Gasteiger partial charge in [-0.05, 0) is 55.3 Å². The van der Waals surface area contributed by atoms with E-state index in [2.05, 4.69) is 21.6 Å². The Morgan fingerprint density at radius 3 is 2.76 bits per heavy atom.